The van der Waals surface area contributed by atoms with Gasteiger partial charge in [0, 0.05) is 5.02 Å². The molecule has 0 saturated heterocycles. The molecule has 5 nitrogen and oxygen atoms in total. The highest BCUT2D eigenvalue weighted by atomic mass is 35.5. The van der Waals surface area contributed by atoms with Gasteiger partial charge < -0.3 is 5.32 Å². The highest BCUT2D eigenvalue weighted by Crippen LogP contribution is 2.28. The Morgan fingerprint density at radius 2 is 2.14 bits per heavy atom. The molecule has 22 heavy (non-hydrogen) atoms. The number of aromatic nitrogens is 2. The number of nitrogens with zero attached hydrogens (tertiary/aromatic N) is 3. The second kappa shape index (κ2) is 8.39. The van der Waals surface area contributed by atoms with E-state index in [1.54, 1.807) is 30.0 Å². The average Bonchev–Trinajstić information content (AvgIpc) is 2.94. The Balaban J connectivity index is 1.93. The van der Waals surface area contributed by atoms with Gasteiger partial charge in [0.2, 0.25) is 5.91 Å². The van der Waals surface area contributed by atoms with E-state index < -0.39 is 0 Å². The monoisotopic (exact) mass is 370 g/mol. The molecule has 1 heterocycles. The van der Waals surface area contributed by atoms with Crippen molar-refractivity contribution in [3.05, 3.63) is 28.8 Å². The molecule has 1 N–H and O–H groups in total. The third kappa shape index (κ3) is 4.88. The van der Waals surface area contributed by atoms with E-state index in [0.29, 0.717) is 16.3 Å². The first-order chi connectivity index (χ1) is 10.6. The molecule has 0 bridgehead atoms. The summed E-state index contributed by atoms with van der Waals surface area (Å²) in [6.45, 7) is 2.05. The molecule has 2 rings (SSSR count). The molecule has 0 atom stereocenters. The van der Waals surface area contributed by atoms with Gasteiger partial charge in [-0.1, -0.05) is 53.4 Å². The number of halogens is 1. The summed E-state index contributed by atoms with van der Waals surface area (Å²) in [7, 11) is 0. The van der Waals surface area contributed by atoms with Crippen LogP contribution in [0.2, 0.25) is 5.02 Å². The lowest BCUT2D eigenvalue weighted by Crippen LogP contribution is -2.14. The maximum absolute atomic E-state index is 12.0. The molecular formula is C13H11ClN4OS3. The van der Waals surface area contributed by atoms with Crippen LogP contribution < -0.4 is 5.32 Å². The van der Waals surface area contributed by atoms with Gasteiger partial charge in [0.15, 0.2) is 8.68 Å². The second-order valence-corrected chi connectivity index (χ2v) is 8.05. The van der Waals surface area contributed by atoms with Crippen LogP contribution in [0.25, 0.3) is 0 Å². The minimum Gasteiger partial charge on any atom is -0.324 e. The van der Waals surface area contributed by atoms with Crippen LogP contribution in [0, 0.1) is 11.3 Å². The Morgan fingerprint density at radius 3 is 2.82 bits per heavy atom. The fraction of sp³-hybridized carbons (Fsp3) is 0.231. The van der Waals surface area contributed by atoms with Gasteiger partial charge in [0.05, 0.1) is 17.0 Å². The lowest BCUT2D eigenvalue weighted by atomic mass is 10.2. The van der Waals surface area contributed by atoms with Crippen LogP contribution in [-0.2, 0) is 4.79 Å². The molecule has 0 saturated carbocycles. The predicted octanol–water partition coefficient (Wildman–Crippen LogP) is 3.91. The van der Waals surface area contributed by atoms with Gasteiger partial charge in [-0.15, -0.1) is 10.2 Å². The average molecular weight is 371 g/mol. The smallest absolute Gasteiger partial charge is 0.234 e. The van der Waals surface area contributed by atoms with E-state index in [-0.39, 0.29) is 11.7 Å². The highest BCUT2D eigenvalue weighted by molar-refractivity contribution is 8.03. The van der Waals surface area contributed by atoms with Gasteiger partial charge in [0.25, 0.3) is 0 Å². The number of rotatable bonds is 6. The van der Waals surface area contributed by atoms with Crippen molar-refractivity contribution in [1.29, 1.82) is 5.26 Å². The van der Waals surface area contributed by atoms with E-state index in [0.717, 1.165) is 14.4 Å². The lowest BCUT2D eigenvalue weighted by molar-refractivity contribution is -0.113. The Bertz CT molecular complexity index is 714. The molecule has 0 unspecified atom stereocenters. The van der Waals surface area contributed by atoms with Crippen LogP contribution in [-0.4, -0.2) is 27.6 Å². The molecule has 0 spiro atoms. The number of hydrogen-bond acceptors (Lipinski definition) is 7. The van der Waals surface area contributed by atoms with Crippen molar-refractivity contribution in [2.45, 2.75) is 15.6 Å². The van der Waals surface area contributed by atoms with Gasteiger partial charge in [-0.05, 0) is 24.0 Å². The molecule has 0 aliphatic heterocycles. The molecule has 0 radical (unpaired) electrons. The summed E-state index contributed by atoms with van der Waals surface area (Å²) in [5.74, 6) is 0.914. The number of amides is 1. The molecule has 0 aliphatic carbocycles. The topological polar surface area (TPSA) is 78.7 Å². The summed E-state index contributed by atoms with van der Waals surface area (Å²) in [6.07, 6.45) is 0. The zero-order chi connectivity index (χ0) is 15.9. The van der Waals surface area contributed by atoms with Crippen molar-refractivity contribution in [2.24, 2.45) is 0 Å². The van der Waals surface area contributed by atoms with E-state index in [1.165, 1.54) is 23.1 Å². The number of benzene rings is 1. The maximum atomic E-state index is 12.0. The summed E-state index contributed by atoms with van der Waals surface area (Å²) in [4.78, 5) is 12.0. The number of hydrogen-bond donors (Lipinski definition) is 1. The van der Waals surface area contributed by atoms with E-state index in [2.05, 4.69) is 15.5 Å². The van der Waals surface area contributed by atoms with Gasteiger partial charge in [0.1, 0.15) is 6.07 Å². The quantitative estimate of drug-likeness (QED) is 0.776. The largest absolute Gasteiger partial charge is 0.324 e. The minimum atomic E-state index is -0.219. The maximum Gasteiger partial charge on any atom is 0.234 e. The van der Waals surface area contributed by atoms with Crippen LogP contribution in [0.15, 0.2) is 26.9 Å². The predicted molar refractivity (Wildman–Crippen MR) is 91.8 cm³/mol. The molecule has 1 aromatic carbocycles. The first-order valence-corrected chi connectivity index (χ1v) is 9.37. The molecule has 1 amide bonds. The van der Waals surface area contributed by atoms with Gasteiger partial charge >= 0.3 is 0 Å². The van der Waals surface area contributed by atoms with E-state index in [4.69, 9.17) is 16.9 Å². The molecule has 1 aromatic heterocycles. The number of nitrogens with one attached hydrogen (secondary N) is 1. The fourth-order valence-electron chi connectivity index (χ4n) is 1.47. The summed E-state index contributed by atoms with van der Waals surface area (Å²) >= 11 is 10.3. The van der Waals surface area contributed by atoms with Crippen LogP contribution in [0.3, 0.4) is 0 Å². The van der Waals surface area contributed by atoms with Crippen LogP contribution in [0.1, 0.15) is 12.5 Å². The molecule has 2 aromatic rings. The number of thioether (sulfide) groups is 2. The van der Waals surface area contributed by atoms with Crippen LogP contribution >= 0.6 is 46.5 Å². The summed E-state index contributed by atoms with van der Waals surface area (Å²) in [5, 5.41) is 20.2. The molecule has 9 heteroatoms. The second-order valence-electron chi connectivity index (χ2n) is 3.91. The van der Waals surface area contributed by atoms with Crippen molar-refractivity contribution in [1.82, 2.24) is 10.2 Å². The van der Waals surface area contributed by atoms with Crippen molar-refractivity contribution >= 4 is 58.1 Å². The van der Waals surface area contributed by atoms with Gasteiger partial charge in [-0.3, -0.25) is 4.79 Å². The summed E-state index contributed by atoms with van der Waals surface area (Å²) in [5.41, 5.74) is 0.792. The third-order valence-electron chi connectivity index (χ3n) is 2.36. The van der Waals surface area contributed by atoms with E-state index in [1.807, 2.05) is 13.0 Å². The number of carbonyl (C=O) groups is 1. The molecule has 0 fully saturated rings. The van der Waals surface area contributed by atoms with Crippen LogP contribution in [0.4, 0.5) is 5.69 Å². The van der Waals surface area contributed by atoms with Crippen LogP contribution in [0.5, 0.6) is 0 Å². The van der Waals surface area contributed by atoms with E-state index in [9.17, 15) is 4.79 Å². The highest BCUT2D eigenvalue weighted by Gasteiger charge is 2.10. The summed E-state index contributed by atoms with van der Waals surface area (Å²) in [6, 6.07) is 6.76. The molecular weight excluding hydrogens is 360 g/mol. The van der Waals surface area contributed by atoms with Gasteiger partial charge in [-0.25, -0.2) is 0 Å². The summed E-state index contributed by atoms with van der Waals surface area (Å²) < 4.78 is 1.64. The van der Waals surface area contributed by atoms with Crippen molar-refractivity contribution < 1.29 is 4.79 Å². The van der Waals surface area contributed by atoms with Crippen molar-refractivity contribution in [3.8, 4) is 6.07 Å². The minimum absolute atomic E-state index is 0.197. The Morgan fingerprint density at radius 1 is 1.41 bits per heavy atom. The number of carbonyl (C=O) groups excluding carboxylic acids is 1. The third-order valence-corrected chi connectivity index (χ3v) is 5.67. The van der Waals surface area contributed by atoms with Crippen molar-refractivity contribution in [2.75, 3.05) is 16.8 Å². The first kappa shape index (κ1) is 17.1. The number of anilines is 1. The Hall–Kier alpha value is -1.27. The Labute approximate surface area is 145 Å². The fourth-order valence-corrected chi connectivity index (χ4v) is 4.36. The first-order valence-electron chi connectivity index (χ1n) is 6.21. The molecule has 0 aliphatic rings. The zero-order valence-corrected chi connectivity index (χ0v) is 14.7. The van der Waals surface area contributed by atoms with Gasteiger partial charge in [-0.2, -0.15) is 5.26 Å². The normalized spacial score (nSPS) is 10.2. The van der Waals surface area contributed by atoms with Crippen molar-refractivity contribution in [3.63, 3.8) is 0 Å². The zero-order valence-electron chi connectivity index (χ0n) is 11.5. The number of nitriles is 1. The SMILES string of the molecule is CCSc1nnc(SCC(=O)Nc2cc(Cl)ccc2C#N)s1. The molecule has 114 valence electrons. The standard InChI is InChI=1S/C13H11ClN4OS3/c1-2-20-12-17-18-13(22-12)21-7-11(19)16-10-5-9(14)4-3-8(10)6-15/h3-5H,2,7H2,1H3,(H,16,19). The Kier molecular flexibility index (Phi) is 6.51. The lowest BCUT2D eigenvalue weighted by Gasteiger charge is -2.06. The van der Waals surface area contributed by atoms with E-state index >= 15 is 0 Å².